The molecule has 0 aromatic carbocycles. The summed E-state index contributed by atoms with van der Waals surface area (Å²) < 4.78 is 21.7. The van der Waals surface area contributed by atoms with Gasteiger partial charge in [-0.3, -0.25) is 9.82 Å². The second-order valence-corrected chi connectivity index (χ2v) is 6.11. The molecule has 3 N–H and O–H groups in total. The van der Waals surface area contributed by atoms with E-state index in [0.717, 1.165) is 0 Å². The molecule has 1 aliphatic heterocycles. The van der Waals surface area contributed by atoms with Crippen LogP contribution in [0.2, 0.25) is 0 Å². The van der Waals surface area contributed by atoms with Crippen LogP contribution in [0.4, 0.5) is 0 Å². The number of aliphatic hydroxyl groups is 1. The van der Waals surface area contributed by atoms with Crippen LogP contribution in [0.25, 0.3) is 0 Å². The fourth-order valence-electron chi connectivity index (χ4n) is 1.67. The molecule has 0 spiro atoms. The van der Waals surface area contributed by atoms with Crippen LogP contribution in [0.3, 0.4) is 0 Å². The van der Waals surface area contributed by atoms with Gasteiger partial charge in [0.15, 0.2) is 0 Å². The number of hydrogen-bond acceptors (Lipinski definition) is 6. The molecule has 0 saturated carbocycles. The minimum absolute atomic E-state index is 0.0203. The van der Waals surface area contributed by atoms with Crippen molar-refractivity contribution in [3.63, 3.8) is 0 Å². The van der Waals surface area contributed by atoms with Crippen molar-refractivity contribution in [1.82, 2.24) is 0 Å². The van der Waals surface area contributed by atoms with Gasteiger partial charge >= 0.3 is 7.60 Å². The van der Waals surface area contributed by atoms with Crippen LogP contribution < -0.4 is 0 Å². The van der Waals surface area contributed by atoms with Crippen molar-refractivity contribution < 1.29 is 34.0 Å². The highest BCUT2D eigenvalue weighted by atomic mass is 31.2. The fraction of sp³-hybridized carbons (Fsp3) is 1.00. The van der Waals surface area contributed by atoms with Gasteiger partial charge in [-0.1, -0.05) is 0 Å². The van der Waals surface area contributed by atoms with Gasteiger partial charge in [0.2, 0.25) is 0 Å². The van der Waals surface area contributed by atoms with Crippen molar-refractivity contribution in [2.75, 3.05) is 19.4 Å². The third-order valence-electron chi connectivity index (χ3n) is 2.53. The largest absolute Gasteiger partial charge is 0.390 e. The molecular weight excluding hydrogens is 250 g/mol. The van der Waals surface area contributed by atoms with Crippen molar-refractivity contribution in [3.05, 3.63) is 0 Å². The van der Waals surface area contributed by atoms with Gasteiger partial charge in [0.1, 0.15) is 14.0 Å². The molecule has 1 heterocycles. The molecule has 1 rings (SSSR count). The predicted molar refractivity (Wildman–Crippen MR) is 61.7 cm³/mol. The molecule has 17 heavy (non-hydrogen) atoms. The molecule has 0 aliphatic carbocycles. The van der Waals surface area contributed by atoms with Gasteiger partial charge in [-0.05, 0) is 12.8 Å². The van der Waals surface area contributed by atoms with Crippen LogP contribution in [0.5, 0.6) is 0 Å². The summed E-state index contributed by atoms with van der Waals surface area (Å²) in [5, 5.41) is 17.6. The van der Waals surface area contributed by atoms with Gasteiger partial charge in [0.25, 0.3) is 0 Å². The van der Waals surface area contributed by atoms with Crippen LogP contribution >= 0.6 is 7.60 Å². The van der Waals surface area contributed by atoms with Crippen molar-refractivity contribution in [2.45, 2.75) is 31.1 Å². The minimum atomic E-state index is -3.70. The van der Waals surface area contributed by atoms with Crippen LogP contribution in [-0.4, -0.2) is 60.7 Å². The van der Waals surface area contributed by atoms with Gasteiger partial charge in [-0.2, -0.15) is 0 Å². The van der Waals surface area contributed by atoms with Crippen LogP contribution in [0, 0.1) is 0 Å². The van der Waals surface area contributed by atoms with E-state index >= 15 is 0 Å². The Labute approximate surface area is 101 Å². The molecule has 0 amide bonds. The molecule has 7 nitrogen and oxygen atoms in total. The summed E-state index contributed by atoms with van der Waals surface area (Å²) in [5.41, 5.74) is 0. The Morgan fingerprint density at radius 2 is 2.24 bits per heavy atom. The minimum Gasteiger partial charge on any atom is -0.390 e. The van der Waals surface area contributed by atoms with Gasteiger partial charge in [-0.15, -0.1) is 0 Å². The third kappa shape index (κ3) is 5.48. The monoisotopic (exact) mass is 268 g/mol. The maximum absolute atomic E-state index is 11.5. The first-order chi connectivity index (χ1) is 7.94. The van der Waals surface area contributed by atoms with E-state index in [1.807, 2.05) is 7.85 Å². The lowest BCUT2D eigenvalue weighted by Crippen LogP contribution is -2.26. The lowest BCUT2D eigenvalue weighted by Gasteiger charge is -2.17. The quantitative estimate of drug-likeness (QED) is 0.182. The summed E-state index contributed by atoms with van der Waals surface area (Å²) in [6.07, 6.45) is -0.603. The van der Waals surface area contributed by atoms with E-state index in [2.05, 4.69) is 4.89 Å². The summed E-state index contributed by atoms with van der Waals surface area (Å²) >= 11 is 0. The van der Waals surface area contributed by atoms with Crippen molar-refractivity contribution in [1.29, 1.82) is 0 Å². The Bertz CT molecular complexity index is 277. The lowest BCUT2D eigenvalue weighted by atomic mass is 9.96. The highest BCUT2D eigenvalue weighted by molar-refractivity contribution is 7.52. The zero-order valence-corrected chi connectivity index (χ0v) is 10.6. The molecule has 0 radical (unpaired) electrons. The Kier molecular flexibility index (Phi) is 6.09. The van der Waals surface area contributed by atoms with E-state index in [1.165, 1.54) is 0 Å². The second kappa shape index (κ2) is 6.85. The maximum atomic E-state index is 11.5. The highest BCUT2D eigenvalue weighted by Gasteiger charge is 2.33. The van der Waals surface area contributed by atoms with E-state index in [9.17, 15) is 14.6 Å². The first-order valence-electron chi connectivity index (χ1n) is 5.51. The first kappa shape index (κ1) is 15.1. The van der Waals surface area contributed by atoms with E-state index in [0.29, 0.717) is 6.42 Å². The Balaban J connectivity index is 2.26. The van der Waals surface area contributed by atoms with Crippen LogP contribution in [0.1, 0.15) is 12.8 Å². The third-order valence-corrected chi connectivity index (χ3v) is 3.96. The molecule has 4 unspecified atom stereocenters. The summed E-state index contributed by atoms with van der Waals surface area (Å²) in [6, 6.07) is -0.0699. The van der Waals surface area contributed by atoms with Crippen molar-refractivity contribution in [3.8, 4) is 0 Å². The molecule has 0 aromatic rings. The molecule has 9 heteroatoms. The molecule has 0 bridgehead atoms. The number of aliphatic hydroxyl groups excluding tert-OH is 1. The van der Waals surface area contributed by atoms with E-state index in [4.69, 9.17) is 14.5 Å². The van der Waals surface area contributed by atoms with E-state index in [-0.39, 0.29) is 31.8 Å². The summed E-state index contributed by atoms with van der Waals surface area (Å²) in [4.78, 5) is 13.2. The van der Waals surface area contributed by atoms with Gasteiger partial charge in [-0.25, -0.2) is 4.89 Å². The van der Waals surface area contributed by atoms with E-state index < -0.39 is 19.8 Å². The maximum Gasteiger partial charge on any atom is 0.328 e. The highest BCUT2D eigenvalue weighted by Crippen LogP contribution is 2.43. The Morgan fingerprint density at radius 3 is 2.76 bits per heavy atom. The van der Waals surface area contributed by atoms with Gasteiger partial charge < -0.3 is 19.3 Å². The lowest BCUT2D eigenvalue weighted by molar-refractivity contribution is -0.241. The number of hydrogen-bond donors (Lipinski definition) is 3. The Morgan fingerprint density at radius 1 is 1.53 bits per heavy atom. The normalized spacial score (nSPS) is 32.5. The van der Waals surface area contributed by atoms with Crippen LogP contribution in [0.15, 0.2) is 0 Å². The molecule has 1 fully saturated rings. The standard InChI is InChI=1S/C8H18BO7P/c9-8-4-6(10)7(16-8)5-15-17(12,13)3-1-2-14-11/h6-8,10-11H,1-5,9H2,(H,12,13). The fourth-order valence-corrected chi connectivity index (χ4v) is 2.71. The smallest absolute Gasteiger partial charge is 0.328 e. The van der Waals surface area contributed by atoms with E-state index in [1.54, 1.807) is 0 Å². The average molecular weight is 268 g/mol. The summed E-state index contributed by atoms with van der Waals surface area (Å²) in [5.74, 6) is 0. The second-order valence-electron chi connectivity index (χ2n) is 4.13. The first-order valence-corrected chi connectivity index (χ1v) is 7.27. The topological polar surface area (TPSA) is 105 Å². The molecular formula is C8H18BO7P. The molecule has 4 atom stereocenters. The van der Waals surface area contributed by atoms with Gasteiger partial charge in [0, 0.05) is 6.00 Å². The summed E-state index contributed by atoms with van der Waals surface area (Å²) in [7, 11) is -1.88. The average Bonchev–Trinajstić information content (AvgIpc) is 2.55. The molecule has 100 valence electrons. The predicted octanol–water partition coefficient (Wildman–Crippen LogP) is -0.823. The van der Waals surface area contributed by atoms with Crippen molar-refractivity contribution in [2.24, 2.45) is 0 Å². The Hall–Kier alpha value is 0.0549. The van der Waals surface area contributed by atoms with Gasteiger partial charge in [0.05, 0.1) is 25.5 Å². The van der Waals surface area contributed by atoms with Crippen LogP contribution in [-0.2, 0) is 18.7 Å². The molecule has 1 saturated heterocycles. The number of ether oxygens (including phenoxy) is 1. The SMILES string of the molecule is BC1CC(O)C(COP(=O)(O)CCCOO)O1. The molecule has 1 aliphatic rings. The summed E-state index contributed by atoms with van der Waals surface area (Å²) in [6.45, 7) is -0.132. The number of rotatable bonds is 7. The zero-order valence-electron chi connectivity index (χ0n) is 9.69. The molecule has 0 aromatic heterocycles. The zero-order chi connectivity index (χ0) is 12.9. The van der Waals surface area contributed by atoms with Crippen molar-refractivity contribution >= 4 is 15.4 Å².